The van der Waals surface area contributed by atoms with E-state index in [1.807, 2.05) is 54.6 Å². The quantitative estimate of drug-likeness (QED) is 0.570. The Bertz CT molecular complexity index is 841. The largest absolute Gasteiger partial charge is 0.506 e. The van der Waals surface area contributed by atoms with Gasteiger partial charge >= 0.3 is 0 Å². The summed E-state index contributed by atoms with van der Waals surface area (Å²) in [4.78, 5) is 4.18. The molecule has 0 unspecified atom stereocenters. The van der Waals surface area contributed by atoms with Crippen molar-refractivity contribution in [2.24, 2.45) is 5.10 Å². The van der Waals surface area contributed by atoms with E-state index in [0.29, 0.717) is 11.3 Å². The fourth-order valence-corrected chi connectivity index (χ4v) is 2.17. The number of nitrogens with one attached hydrogen (secondary N) is 1. The summed E-state index contributed by atoms with van der Waals surface area (Å²) in [6.07, 6.45) is 3.00. The van der Waals surface area contributed by atoms with E-state index in [9.17, 15) is 5.11 Å². The zero-order chi connectivity index (χ0) is 15.4. The minimum atomic E-state index is 0.0922. The van der Waals surface area contributed by atoms with Crippen LogP contribution in [0.4, 0.5) is 0 Å². The van der Waals surface area contributed by atoms with E-state index in [1.165, 1.54) is 6.20 Å². The molecular formula is C18H15N3O. The third-order valence-corrected chi connectivity index (χ3v) is 3.31. The van der Waals surface area contributed by atoms with Crippen molar-refractivity contribution in [1.82, 2.24) is 10.4 Å². The van der Waals surface area contributed by atoms with Gasteiger partial charge in [-0.3, -0.25) is 10.4 Å². The number of nitrogens with zero attached hydrogens (tertiary/aromatic N) is 2. The Labute approximate surface area is 128 Å². The van der Waals surface area contributed by atoms with Crippen LogP contribution in [0.25, 0.3) is 16.6 Å². The van der Waals surface area contributed by atoms with E-state index in [1.54, 1.807) is 6.21 Å². The van der Waals surface area contributed by atoms with Gasteiger partial charge < -0.3 is 5.11 Å². The second kappa shape index (κ2) is 6.10. The maximum atomic E-state index is 9.99. The van der Waals surface area contributed by atoms with Gasteiger partial charge in [-0.05, 0) is 11.6 Å². The van der Waals surface area contributed by atoms with Crippen molar-refractivity contribution in [2.75, 3.05) is 0 Å². The number of hydrogen-bond donors (Lipinski definition) is 2. The lowest BCUT2D eigenvalue weighted by Gasteiger charge is -2.06. The van der Waals surface area contributed by atoms with Gasteiger partial charge in [0.15, 0.2) is 0 Å². The van der Waals surface area contributed by atoms with Gasteiger partial charge in [0.05, 0.1) is 23.6 Å². The van der Waals surface area contributed by atoms with Crippen LogP contribution >= 0.6 is 0 Å². The van der Waals surface area contributed by atoms with E-state index in [2.05, 4.69) is 22.1 Å². The SMILES string of the molecule is C=C(N/N=C/c1c(O)cnc2ccccc12)c1ccccc1. The van der Waals surface area contributed by atoms with Crippen LogP contribution in [0.2, 0.25) is 0 Å². The van der Waals surface area contributed by atoms with Crippen LogP contribution in [-0.2, 0) is 0 Å². The van der Waals surface area contributed by atoms with Gasteiger partial charge in [-0.15, -0.1) is 0 Å². The second-order valence-electron chi connectivity index (χ2n) is 4.79. The molecule has 0 aliphatic rings. The highest BCUT2D eigenvalue weighted by molar-refractivity contribution is 6.00. The molecule has 0 amide bonds. The summed E-state index contributed by atoms with van der Waals surface area (Å²) in [6.45, 7) is 3.94. The summed E-state index contributed by atoms with van der Waals surface area (Å²) in [5.74, 6) is 0.0922. The molecule has 0 saturated carbocycles. The number of hydrazone groups is 1. The lowest BCUT2D eigenvalue weighted by Crippen LogP contribution is -2.03. The molecule has 0 bridgehead atoms. The predicted molar refractivity (Wildman–Crippen MR) is 89.6 cm³/mol. The van der Waals surface area contributed by atoms with Crippen molar-refractivity contribution in [3.05, 3.63) is 78.5 Å². The molecule has 0 atom stereocenters. The van der Waals surface area contributed by atoms with Crippen molar-refractivity contribution in [3.63, 3.8) is 0 Å². The molecule has 4 heteroatoms. The standard InChI is InChI=1S/C18H15N3O/c1-13(14-7-3-2-4-8-14)21-20-11-16-15-9-5-6-10-17(15)19-12-18(16)22/h2-12,21-22H,1H2/b20-11+. The lowest BCUT2D eigenvalue weighted by molar-refractivity contribution is 0.473. The van der Waals surface area contributed by atoms with Crippen LogP contribution in [0.15, 0.2) is 72.5 Å². The third-order valence-electron chi connectivity index (χ3n) is 3.31. The first kappa shape index (κ1) is 13.8. The van der Waals surface area contributed by atoms with E-state index in [0.717, 1.165) is 16.5 Å². The normalized spacial score (nSPS) is 10.9. The van der Waals surface area contributed by atoms with Crippen molar-refractivity contribution < 1.29 is 5.11 Å². The Morgan fingerprint density at radius 3 is 2.64 bits per heavy atom. The number of fused-ring (bicyclic) bond motifs is 1. The first-order valence-electron chi connectivity index (χ1n) is 6.86. The number of pyridine rings is 1. The summed E-state index contributed by atoms with van der Waals surface area (Å²) in [7, 11) is 0. The molecule has 0 fully saturated rings. The first-order valence-corrected chi connectivity index (χ1v) is 6.86. The molecule has 22 heavy (non-hydrogen) atoms. The summed E-state index contributed by atoms with van der Waals surface area (Å²) in [5, 5.41) is 15.0. The molecule has 0 aliphatic carbocycles. The molecule has 1 aromatic heterocycles. The van der Waals surface area contributed by atoms with Gasteiger partial charge in [0.1, 0.15) is 5.75 Å². The van der Waals surface area contributed by atoms with Crippen molar-refractivity contribution in [2.45, 2.75) is 0 Å². The minimum Gasteiger partial charge on any atom is -0.506 e. The Kier molecular flexibility index (Phi) is 3.83. The Hall–Kier alpha value is -3.14. The number of aromatic hydroxyl groups is 1. The molecule has 0 spiro atoms. The molecule has 3 aromatic rings. The number of benzene rings is 2. The van der Waals surface area contributed by atoms with Gasteiger partial charge in [0.2, 0.25) is 0 Å². The first-order chi connectivity index (χ1) is 10.8. The number of hydrogen-bond acceptors (Lipinski definition) is 4. The van der Waals surface area contributed by atoms with Gasteiger partial charge in [-0.25, -0.2) is 0 Å². The average Bonchev–Trinajstić information content (AvgIpc) is 2.57. The molecule has 2 aromatic carbocycles. The van der Waals surface area contributed by atoms with Gasteiger partial charge in [-0.2, -0.15) is 5.10 Å². The second-order valence-corrected chi connectivity index (χ2v) is 4.79. The molecule has 0 aliphatic heterocycles. The monoisotopic (exact) mass is 289 g/mol. The molecular weight excluding hydrogens is 274 g/mol. The lowest BCUT2D eigenvalue weighted by atomic mass is 10.1. The van der Waals surface area contributed by atoms with Gasteiger partial charge in [0.25, 0.3) is 0 Å². The summed E-state index contributed by atoms with van der Waals surface area (Å²) in [6, 6.07) is 17.3. The van der Waals surface area contributed by atoms with E-state index >= 15 is 0 Å². The third kappa shape index (κ3) is 2.81. The summed E-state index contributed by atoms with van der Waals surface area (Å²) in [5.41, 5.74) is 5.97. The highest BCUT2D eigenvalue weighted by Gasteiger charge is 2.05. The van der Waals surface area contributed by atoms with E-state index < -0.39 is 0 Å². The molecule has 108 valence electrons. The highest BCUT2D eigenvalue weighted by atomic mass is 16.3. The zero-order valence-electron chi connectivity index (χ0n) is 11.9. The van der Waals surface area contributed by atoms with Gasteiger partial charge in [-0.1, -0.05) is 55.1 Å². The zero-order valence-corrected chi connectivity index (χ0v) is 11.9. The van der Waals surface area contributed by atoms with E-state index in [4.69, 9.17) is 0 Å². The molecule has 1 heterocycles. The van der Waals surface area contributed by atoms with Gasteiger partial charge in [0, 0.05) is 10.9 Å². The number of aromatic nitrogens is 1. The molecule has 0 saturated heterocycles. The van der Waals surface area contributed by atoms with E-state index in [-0.39, 0.29) is 5.75 Å². The van der Waals surface area contributed by atoms with Crippen LogP contribution in [-0.4, -0.2) is 16.3 Å². The van der Waals surface area contributed by atoms with Crippen molar-refractivity contribution >= 4 is 22.8 Å². The molecule has 4 nitrogen and oxygen atoms in total. The average molecular weight is 289 g/mol. The minimum absolute atomic E-state index is 0.0922. The Balaban J connectivity index is 1.84. The van der Waals surface area contributed by atoms with Crippen molar-refractivity contribution in [1.29, 1.82) is 0 Å². The maximum absolute atomic E-state index is 9.99. The fraction of sp³-hybridized carbons (Fsp3) is 0. The fourth-order valence-electron chi connectivity index (χ4n) is 2.17. The van der Waals surface area contributed by atoms with Crippen LogP contribution in [0.3, 0.4) is 0 Å². The maximum Gasteiger partial charge on any atom is 0.143 e. The van der Waals surface area contributed by atoms with Crippen LogP contribution in [0.1, 0.15) is 11.1 Å². The summed E-state index contributed by atoms with van der Waals surface area (Å²) < 4.78 is 0. The molecule has 0 radical (unpaired) electrons. The van der Waals surface area contributed by atoms with Crippen LogP contribution in [0, 0.1) is 0 Å². The van der Waals surface area contributed by atoms with Crippen molar-refractivity contribution in [3.8, 4) is 5.75 Å². The van der Waals surface area contributed by atoms with Crippen LogP contribution in [0.5, 0.6) is 5.75 Å². The van der Waals surface area contributed by atoms with Crippen LogP contribution < -0.4 is 5.43 Å². The number of para-hydroxylation sites is 1. The predicted octanol–water partition coefficient (Wildman–Crippen LogP) is 3.53. The Morgan fingerprint density at radius 1 is 1.09 bits per heavy atom. The summed E-state index contributed by atoms with van der Waals surface area (Å²) >= 11 is 0. The Morgan fingerprint density at radius 2 is 1.82 bits per heavy atom. The topological polar surface area (TPSA) is 57.5 Å². The highest BCUT2D eigenvalue weighted by Crippen LogP contribution is 2.23. The number of rotatable bonds is 4. The molecule has 2 N–H and O–H groups in total. The smallest absolute Gasteiger partial charge is 0.143 e. The molecule has 3 rings (SSSR count).